The highest BCUT2D eigenvalue weighted by molar-refractivity contribution is 5.85. The van der Waals surface area contributed by atoms with E-state index in [0.717, 1.165) is 11.6 Å². The van der Waals surface area contributed by atoms with Crippen LogP contribution in [0.5, 0.6) is 5.75 Å². The molecule has 82 valence electrons. The van der Waals surface area contributed by atoms with Crippen molar-refractivity contribution in [2.24, 2.45) is 0 Å². The molecule has 0 radical (unpaired) electrons. The van der Waals surface area contributed by atoms with E-state index in [-0.39, 0.29) is 0 Å². The lowest BCUT2D eigenvalue weighted by atomic mass is 10.0. The van der Waals surface area contributed by atoms with Crippen molar-refractivity contribution in [1.82, 2.24) is 0 Å². The van der Waals surface area contributed by atoms with Crippen molar-refractivity contribution in [1.29, 1.82) is 5.26 Å². The van der Waals surface area contributed by atoms with Gasteiger partial charge in [0.1, 0.15) is 5.75 Å². The zero-order valence-corrected chi connectivity index (χ0v) is 9.02. The zero-order valence-electron chi connectivity index (χ0n) is 9.02. The van der Waals surface area contributed by atoms with Gasteiger partial charge in [-0.05, 0) is 30.7 Å². The first kappa shape index (κ1) is 11.8. The van der Waals surface area contributed by atoms with Crippen LogP contribution in [0.1, 0.15) is 16.7 Å². The molecule has 0 saturated carbocycles. The molecule has 0 bridgehead atoms. The normalized spacial score (nSPS) is 10.1. The van der Waals surface area contributed by atoms with Gasteiger partial charge in [-0.25, -0.2) is 4.79 Å². The molecular formula is C12H11NO3. The Kier molecular flexibility index (Phi) is 3.67. The SMILES string of the molecule is COc1cc(/C=C/C(=O)O)cc(C#N)c1C. The zero-order chi connectivity index (χ0) is 12.1. The standard InChI is InChI=1S/C12H11NO3/c1-8-10(7-13)5-9(3-4-12(14)15)6-11(8)16-2/h3-6H,1-2H3,(H,14,15)/b4-3+. The molecule has 1 rings (SSSR count). The monoisotopic (exact) mass is 217 g/mol. The minimum absolute atomic E-state index is 0.476. The van der Waals surface area contributed by atoms with Gasteiger partial charge in [0.2, 0.25) is 0 Å². The maximum atomic E-state index is 10.4. The van der Waals surface area contributed by atoms with Gasteiger partial charge in [-0.1, -0.05) is 0 Å². The van der Waals surface area contributed by atoms with Gasteiger partial charge >= 0.3 is 5.97 Å². The minimum atomic E-state index is -1.03. The molecule has 0 aliphatic rings. The molecule has 1 aromatic carbocycles. The molecule has 0 aromatic heterocycles. The van der Waals surface area contributed by atoms with Crippen molar-refractivity contribution < 1.29 is 14.6 Å². The average Bonchev–Trinajstić information content (AvgIpc) is 2.27. The highest BCUT2D eigenvalue weighted by atomic mass is 16.5. The Morgan fingerprint density at radius 2 is 2.25 bits per heavy atom. The molecule has 0 unspecified atom stereocenters. The Hall–Kier alpha value is -2.28. The van der Waals surface area contributed by atoms with Crippen LogP contribution in [0, 0.1) is 18.3 Å². The molecule has 0 spiro atoms. The van der Waals surface area contributed by atoms with Gasteiger partial charge in [-0.15, -0.1) is 0 Å². The fourth-order valence-electron chi connectivity index (χ4n) is 1.30. The first-order valence-electron chi connectivity index (χ1n) is 4.58. The van der Waals surface area contributed by atoms with Gasteiger partial charge in [0.05, 0.1) is 18.7 Å². The second-order valence-corrected chi connectivity index (χ2v) is 3.18. The van der Waals surface area contributed by atoms with E-state index < -0.39 is 5.97 Å². The Balaban J connectivity index is 3.23. The predicted octanol–water partition coefficient (Wildman–Crippen LogP) is 1.97. The van der Waals surface area contributed by atoms with Crippen molar-refractivity contribution in [3.05, 3.63) is 34.9 Å². The molecule has 0 aliphatic heterocycles. The molecule has 1 aromatic rings. The number of benzene rings is 1. The summed E-state index contributed by atoms with van der Waals surface area (Å²) in [5, 5.41) is 17.4. The summed E-state index contributed by atoms with van der Waals surface area (Å²) in [6.45, 7) is 1.78. The fraction of sp³-hybridized carbons (Fsp3) is 0.167. The van der Waals surface area contributed by atoms with Crippen molar-refractivity contribution >= 4 is 12.0 Å². The summed E-state index contributed by atoms with van der Waals surface area (Å²) in [6.07, 6.45) is 2.44. The Labute approximate surface area is 93.4 Å². The van der Waals surface area contributed by atoms with Crippen LogP contribution < -0.4 is 4.74 Å². The molecule has 0 amide bonds. The van der Waals surface area contributed by atoms with E-state index >= 15 is 0 Å². The van der Waals surface area contributed by atoms with E-state index in [2.05, 4.69) is 0 Å². The number of nitriles is 1. The number of carboxylic acids is 1. The Bertz CT molecular complexity index is 484. The minimum Gasteiger partial charge on any atom is -0.496 e. The lowest BCUT2D eigenvalue weighted by molar-refractivity contribution is -0.131. The van der Waals surface area contributed by atoms with E-state index in [4.69, 9.17) is 15.1 Å². The van der Waals surface area contributed by atoms with Crippen molar-refractivity contribution in [3.8, 4) is 11.8 Å². The van der Waals surface area contributed by atoms with E-state index in [9.17, 15) is 4.79 Å². The molecule has 0 aliphatic carbocycles. The quantitative estimate of drug-likeness (QED) is 0.786. The van der Waals surface area contributed by atoms with Gasteiger partial charge in [0, 0.05) is 11.6 Å². The summed E-state index contributed by atoms with van der Waals surface area (Å²) < 4.78 is 5.10. The van der Waals surface area contributed by atoms with Crippen LogP contribution >= 0.6 is 0 Å². The maximum absolute atomic E-state index is 10.4. The Morgan fingerprint density at radius 1 is 1.56 bits per heavy atom. The number of ether oxygens (including phenoxy) is 1. The van der Waals surface area contributed by atoms with Crippen LogP contribution in [0.4, 0.5) is 0 Å². The highest BCUT2D eigenvalue weighted by Gasteiger charge is 2.06. The second-order valence-electron chi connectivity index (χ2n) is 3.18. The number of rotatable bonds is 3. The van der Waals surface area contributed by atoms with Gasteiger partial charge in [0.25, 0.3) is 0 Å². The summed E-state index contributed by atoms with van der Waals surface area (Å²) in [4.78, 5) is 10.4. The number of hydrogen-bond donors (Lipinski definition) is 1. The number of hydrogen-bond acceptors (Lipinski definition) is 3. The fourth-order valence-corrected chi connectivity index (χ4v) is 1.30. The van der Waals surface area contributed by atoms with Gasteiger partial charge in [-0.2, -0.15) is 5.26 Å². The molecule has 0 fully saturated rings. The number of carboxylic acid groups (broad SMARTS) is 1. The largest absolute Gasteiger partial charge is 0.496 e. The molecule has 4 heteroatoms. The lowest BCUT2D eigenvalue weighted by Gasteiger charge is -2.07. The van der Waals surface area contributed by atoms with Gasteiger partial charge in [-0.3, -0.25) is 0 Å². The second kappa shape index (κ2) is 4.99. The molecule has 16 heavy (non-hydrogen) atoms. The van der Waals surface area contributed by atoms with Crippen LogP contribution in [0.15, 0.2) is 18.2 Å². The lowest BCUT2D eigenvalue weighted by Crippen LogP contribution is -1.92. The third-order valence-corrected chi connectivity index (χ3v) is 2.14. The van der Waals surface area contributed by atoms with Crippen LogP contribution in [0.2, 0.25) is 0 Å². The van der Waals surface area contributed by atoms with E-state index in [1.54, 1.807) is 19.1 Å². The molecule has 1 N–H and O–H groups in total. The molecule has 0 atom stereocenters. The third-order valence-electron chi connectivity index (χ3n) is 2.14. The van der Waals surface area contributed by atoms with E-state index in [0.29, 0.717) is 16.9 Å². The summed E-state index contributed by atoms with van der Waals surface area (Å²) >= 11 is 0. The van der Waals surface area contributed by atoms with Crippen LogP contribution in [0.3, 0.4) is 0 Å². The van der Waals surface area contributed by atoms with E-state index in [1.807, 2.05) is 6.07 Å². The van der Waals surface area contributed by atoms with Crippen molar-refractivity contribution in [2.45, 2.75) is 6.92 Å². The highest BCUT2D eigenvalue weighted by Crippen LogP contribution is 2.23. The third kappa shape index (κ3) is 2.61. The summed E-state index contributed by atoms with van der Waals surface area (Å²) in [5.74, 6) is -0.456. The predicted molar refractivity (Wildman–Crippen MR) is 59.1 cm³/mol. The summed E-state index contributed by atoms with van der Waals surface area (Å²) in [7, 11) is 1.51. The number of methoxy groups -OCH3 is 1. The molecular weight excluding hydrogens is 206 g/mol. The number of nitrogens with zero attached hydrogens (tertiary/aromatic N) is 1. The summed E-state index contributed by atoms with van der Waals surface area (Å²) in [6, 6.07) is 5.35. The Morgan fingerprint density at radius 3 is 2.75 bits per heavy atom. The van der Waals surface area contributed by atoms with Gasteiger partial charge in [0.15, 0.2) is 0 Å². The summed E-state index contributed by atoms with van der Waals surface area (Å²) in [5.41, 5.74) is 1.85. The van der Waals surface area contributed by atoms with Gasteiger partial charge < -0.3 is 9.84 Å². The van der Waals surface area contributed by atoms with Crippen molar-refractivity contribution in [2.75, 3.05) is 7.11 Å². The molecule has 0 heterocycles. The van der Waals surface area contributed by atoms with Crippen LogP contribution in [-0.4, -0.2) is 18.2 Å². The van der Waals surface area contributed by atoms with E-state index in [1.165, 1.54) is 13.2 Å². The number of aliphatic carboxylic acids is 1. The maximum Gasteiger partial charge on any atom is 0.328 e. The number of carbonyl (C=O) groups is 1. The topological polar surface area (TPSA) is 70.3 Å². The average molecular weight is 217 g/mol. The molecule has 4 nitrogen and oxygen atoms in total. The van der Waals surface area contributed by atoms with Crippen molar-refractivity contribution in [3.63, 3.8) is 0 Å². The molecule has 0 saturated heterocycles. The van der Waals surface area contributed by atoms with Crippen LogP contribution in [0.25, 0.3) is 6.08 Å². The first-order valence-corrected chi connectivity index (χ1v) is 4.58. The smallest absolute Gasteiger partial charge is 0.328 e. The van der Waals surface area contributed by atoms with Crippen LogP contribution in [-0.2, 0) is 4.79 Å². The first-order chi connectivity index (χ1) is 7.58.